The van der Waals surface area contributed by atoms with Crippen LogP contribution in [0.3, 0.4) is 0 Å². The van der Waals surface area contributed by atoms with Crippen molar-refractivity contribution in [3.63, 3.8) is 0 Å². The largest absolute Gasteiger partial charge is 0.354 e. The molecule has 0 saturated carbocycles. The molecule has 2 aromatic rings. The van der Waals surface area contributed by atoms with Crippen molar-refractivity contribution in [1.82, 2.24) is 9.97 Å². The number of hydrazine groups is 1. The van der Waals surface area contributed by atoms with Gasteiger partial charge in [-0.3, -0.25) is 0 Å². The zero-order valence-electron chi connectivity index (χ0n) is 10.8. The molecule has 1 aromatic carbocycles. The Kier molecular flexibility index (Phi) is 4.50. The first-order chi connectivity index (χ1) is 9.65. The fourth-order valence-corrected chi connectivity index (χ4v) is 2.44. The Hall–Kier alpha value is -2.17. The predicted octanol–water partition coefficient (Wildman–Crippen LogP) is 2.03. The molecule has 0 radical (unpaired) electrons. The average molecular weight is 333 g/mol. The summed E-state index contributed by atoms with van der Waals surface area (Å²) in [6, 6.07) is 9.59. The van der Waals surface area contributed by atoms with E-state index in [2.05, 4.69) is 37.4 Å². The second-order valence-electron chi connectivity index (χ2n) is 4.17. The number of benzene rings is 1. The van der Waals surface area contributed by atoms with Gasteiger partial charge < -0.3 is 10.3 Å². The van der Waals surface area contributed by atoms with Crippen molar-refractivity contribution in [2.24, 2.45) is 5.84 Å². The predicted molar refractivity (Wildman–Crippen MR) is 80.8 cm³/mol. The summed E-state index contributed by atoms with van der Waals surface area (Å²) in [5.74, 6) is 6.62. The number of hydrogen-bond donors (Lipinski definition) is 2. The molecule has 0 atom stereocenters. The summed E-state index contributed by atoms with van der Waals surface area (Å²) in [6.45, 7) is 0.620. The number of hydrogen-bond acceptors (Lipinski definition) is 6. The first-order valence-corrected chi connectivity index (χ1v) is 6.62. The van der Waals surface area contributed by atoms with Gasteiger partial charge in [-0.1, -0.05) is 12.1 Å². The van der Waals surface area contributed by atoms with Gasteiger partial charge in [0.1, 0.15) is 16.6 Å². The summed E-state index contributed by atoms with van der Waals surface area (Å²) < 4.78 is 0.696. The van der Waals surface area contributed by atoms with Crippen LogP contribution in [0.5, 0.6) is 0 Å². The number of anilines is 2. The SMILES string of the molecule is CN(Cc1cccc(C#N)c1)c1ncnc(NN)c1Br. The van der Waals surface area contributed by atoms with Crippen LogP contribution in [0.1, 0.15) is 11.1 Å². The lowest BCUT2D eigenvalue weighted by Crippen LogP contribution is -2.20. The number of halogens is 1. The van der Waals surface area contributed by atoms with Crippen molar-refractivity contribution in [2.45, 2.75) is 6.54 Å². The van der Waals surface area contributed by atoms with Gasteiger partial charge in [0.2, 0.25) is 0 Å². The molecule has 102 valence electrons. The second kappa shape index (κ2) is 6.32. The van der Waals surface area contributed by atoms with Crippen LogP contribution in [0, 0.1) is 11.3 Å². The van der Waals surface area contributed by atoms with Crippen LogP contribution in [-0.2, 0) is 6.54 Å². The number of aromatic nitrogens is 2. The minimum Gasteiger partial charge on any atom is -0.354 e. The van der Waals surface area contributed by atoms with Crippen LogP contribution < -0.4 is 16.2 Å². The summed E-state index contributed by atoms with van der Waals surface area (Å²) in [6.07, 6.45) is 1.44. The van der Waals surface area contributed by atoms with Gasteiger partial charge in [-0.05, 0) is 33.6 Å². The molecular formula is C13H13BrN6. The minimum atomic E-state index is 0.521. The van der Waals surface area contributed by atoms with Gasteiger partial charge in [0.15, 0.2) is 5.82 Å². The van der Waals surface area contributed by atoms with Crippen molar-refractivity contribution >= 4 is 27.6 Å². The number of rotatable bonds is 4. The highest BCUT2D eigenvalue weighted by molar-refractivity contribution is 9.10. The molecule has 20 heavy (non-hydrogen) atoms. The van der Waals surface area contributed by atoms with Crippen molar-refractivity contribution in [3.05, 3.63) is 46.2 Å². The topological polar surface area (TPSA) is 90.9 Å². The molecule has 0 unspecified atom stereocenters. The van der Waals surface area contributed by atoms with Gasteiger partial charge in [0, 0.05) is 13.6 Å². The highest BCUT2D eigenvalue weighted by Gasteiger charge is 2.12. The Morgan fingerprint density at radius 2 is 2.25 bits per heavy atom. The third-order valence-electron chi connectivity index (χ3n) is 2.75. The molecule has 6 nitrogen and oxygen atoms in total. The van der Waals surface area contributed by atoms with Crippen LogP contribution in [0.2, 0.25) is 0 Å². The highest BCUT2D eigenvalue weighted by atomic mass is 79.9. The van der Waals surface area contributed by atoms with Crippen molar-refractivity contribution in [3.8, 4) is 6.07 Å². The molecule has 3 N–H and O–H groups in total. The Morgan fingerprint density at radius 3 is 2.95 bits per heavy atom. The van der Waals surface area contributed by atoms with Gasteiger partial charge in [-0.15, -0.1) is 0 Å². The molecule has 0 fully saturated rings. The van der Waals surface area contributed by atoms with Crippen LogP contribution in [0.4, 0.5) is 11.6 Å². The van der Waals surface area contributed by atoms with E-state index in [0.717, 1.165) is 11.4 Å². The molecule has 0 aliphatic heterocycles. The van der Waals surface area contributed by atoms with Gasteiger partial charge in [-0.25, -0.2) is 15.8 Å². The van der Waals surface area contributed by atoms with Gasteiger partial charge in [0.05, 0.1) is 11.6 Å². The molecule has 2 rings (SSSR count). The van der Waals surface area contributed by atoms with Gasteiger partial charge in [0.25, 0.3) is 0 Å². The first kappa shape index (κ1) is 14.2. The highest BCUT2D eigenvalue weighted by Crippen LogP contribution is 2.28. The fourth-order valence-electron chi connectivity index (χ4n) is 1.82. The van der Waals surface area contributed by atoms with Gasteiger partial charge >= 0.3 is 0 Å². The maximum Gasteiger partial charge on any atom is 0.159 e. The Bertz CT molecular complexity index is 652. The lowest BCUT2D eigenvalue weighted by molar-refractivity contribution is 0.885. The van der Waals surface area contributed by atoms with E-state index in [4.69, 9.17) is 11.1 Å². The number of nitrogens with two attached hydrogens (primary N) is 1. The summed E-state index contributed by atoms with van der Waals surface area (Å²) in [7, 11) is 1.91. The maximum atomic E-state index is 8.91. The van der Waals surface area contributed by atoms with E-state index in [1.807, 2.05) is 30.1 Å². The number of nitrogen functional groups attached to an aromatic ring is 1. The van der Waals surface area contributed by atoms with E-state index in [-0.39, 0.29) is 0 Å². The number of nitrogens with one attached hydrogen (secondary N) is 1. The lowest BCUT2D eigenvalue weighted by Gasteiger charge is -2.20. The third kappa shape index (κ3) is 3.04. The molecule has 0 saturated heterocycles. The van der Waals surface area contributed by atoms with Crippen molar-refractivity contribution < 1.29 is 0 Å². The molecule has 7 heteroatoms. The van der Waals surface area contributed by atoms with Crippen LogP contribution in [0.25, 0.3) is 0 Å². The summed E-state index contributed by atoms with van der Waals surface area (Å²) in [4.78, 5) is 10.2. The molecular weight excluding hydrogens is 320 g/mol. The summed E-state index contributed by atoms with van der Waals surface area (Å²) in [5, 5.41) is 8.91. The molecule has 1 aromatic heterocycles. The van der Waals surface area contributed by atoms with E-state index in [1.54, 1.807) is 6.07 Å². The lowest BCUT2D eigenvalue weighted by atomic mass is 10.1. The molecule has 0 aliphatic carbocycles. The van der Waals surface area contributed by atoms with Crippen molar-refractivity contribution in [2.75, 3.05) is 17.4 Å². The van der Waals surface area contributed by atoms with E-state index in [0.29, 0.717) is 22.4 Å². The first-order valence-electron chi connectivity index (χ1n) is 5.83. The third-order valence-corrected chi connectivity index (χ3v) is 3.48. The van der Waals surface area contributed by atoms with Crippen LogP contribution in [-0.4, -0.2) is 17.0 Å². The maximum absolute atomic E-state index is 8.91. The van der Waals surface area contributed by atoms with Gasteiger partial charge in [-0.2, -0.15) is 5.26 Å². The van der Waals surface area contributed by atoms with E-state index in [9.17, 15) is 0 Å². The van der Waals surface area contributed by atoms with Crippen molar-refractivity contribution in [1.29, 1.82) is 5.26 Å². The standard InChI is InChI=1S/C13H13BrN6/c1-20(7-10-4-2-3-9(5-10)6-15)13-11(14)12(19-16)17-8-18-13/h2-5,8H,7,16H2,1H3,(H,17,18,19). The zero-order valence-corrected chi connectivity index (χ0v) is 12.4. The minimum absolute atomic E-state index is 0.521. The zero-order chi connectivity index (χ0) is 14.5. The van der Waals surface area contributed by atoms with E-state index >= 15 is 0 Å². The molecule has 0 spiro atoms. The molecule has 1 heterocycles. The smallest absolute Gasteiger partial charge is 0.159 e. The average Bonchev–Trinajstić information content (AvgIpc) is 2.47. The van der Waals surface area contributed by atoms with Crippen LogP contribution in [0.15, 0.2) is 35.1 Å². The summed E-state index contributed by atoms with van der Waals surface area (Å²) in [5.41, 5.74) is 4.17. The second-order valence-corrected chi connectivity index (χ2v) is 4.97. The van der Waals surface area contributed by atoms with E-state index in [1.165, 1.54) is 6.33 Å². The normalized spacial score (nSPS) is 9.90. The number of nitrogens with zero attached hydrogens (tertiary/aromatic N) is 4. The molecule has 0 bridgehead atoms. The molecule has 0 aliphatic rings. The number of nitriles is 1. The van der Waals surface area contributed by atoms with E-state index < -0.39 is 0 Å². The Balaban J connectivity index is 2.24. The monoisotopic (exact) mass is 332 g/mol. The summed E-state index contributed by atoms with van der Waals surface area (Å²) >= 11 is 3.42. The Labute approximate surface area is 125 Å². The van der Waals surface area contributed by atoms with Crippen LogP contribution >= 0.6 is 15.9 Å². The fraction of sp³-hybridized carbons (Fsp3) is 0.154. The molecule has 0 amide bonds. The Morgan fingerprint density at radius 1 is 1.45 bits per heavy atom. The quantitative estimate of drug-likeness (QED) is 0.657.